The fourth-order valence-corrected chi connectivity index (χ4v) is 2.25. The van der Waals surface area contributed by atoms with Crippen LogP contribution in [-0.2, 0) is 6.42 Å². The molecule has 0 fully saturated rings. The molecule has 2 rings (SSSR count). The van der Waals surface area contributed by atoms with Crippen molar-refractivity contribution in [3.8, 4) is 0 Å². The van der Waals surface area contributed by atoms with Gasteiger partial charge in [-0.3, -0.25) is 4.79 Å². The van der Waals surface area contributed by atoms with Crippen LogP contribution in [0, 0.1) is 0 Å². The summed E-state index contributed by atoms with van der Waals surface area (Å²) in [6.45, 7) is 8.19. The summed E-state index contributed by atoms with van der Waals surface area (Å²) >= 11 is 0. The predicted molar refractivity (Wildman–Crippen MR) is 80.6 cm³/mol. The lowest BCUT2D eigenvalue weighted by molar-refractivity contribution is 0.514. The maximum absolute atomic E-state index is 12.0. The van der Waals surface area contributed by atoms with Crippen LogP contribution in [-0.4, -0.2) is 10.5 Å². The van der Waals surface area contributed by atoms with Crippen molar-refractivity contribution in [2.75, 3.05) is 0 Å². The summed E-state index contributed by atoms with van der Waals surface area (Å²) in [5.74, 6) is 0.478. The number of aromatic nitrogens is 1. The van der Waals surface area contributed by atoms with E-state index in [1.165, 1.54) is 5.56 Å². The van der Waals surface area contributed by atoms with E-state index < -0.39 is 0 Å². The molecule has 0 amide bonds. The summed E-state index contributed by atoms with van der Waals surface area (Å²) in [4.78, 5) is 15.0. The van der Waals surface area contributed by atoms with Crippen LogP contribution in [0.1, 0.15) is 44.7 Å². The third-order valence-electron chi connectivity index (χ3n) is 3.26. The number of benzene rings is 1. The average Bonchev–Trinajstić information content (AvgIpc) is 2.27. The predicted octanol–water partition coefficient (Wildman–Crippen LogP) is 2.93. The zero-order valence-corrected chi connectivity index (χ0v) is 12.1. The van der Waals surface area contributed by atoms with Gasteiger partial charge in [-0.25, -0.2) is 0 Å². The smallest absolute Gasteiger partial charge is 0.251 e. The lowest BCUT2D eigenvalue weighted by Crippen LogP contribution is -2.36. The van der Waals surface area contributed by atoms with Crippen molar-refractivity contribution in [3.05, 3.63) is 45.7 Å². The van der Waals surface area contributed by atoms with Crippen LogP contribution >= 0.6 is 0 Å². The van der Waals surface area contributed by atoms with Gasteiger partial charge in [-0.15, -0.1) is 0 Å². The van der Waals surface area contributed by atoms with E-state index in [0.717, 1.165) is 16.5 Å². The van der Waals surface area contributed by atoms with Crippen molar-refractivity contribution >= 4 is 10.9 Å². The third-order valence-corrected chi connectivity index (χ3v) is 3.26. The van der Waals surface area contributed by atoms with Crippen molar-refractivity contribution in [3.63, 3.8) is 0 Å². The van der Waals surface area contributed by atoms with Crippen molar-refractivity contribution in [1.29, 1.82) is 0 Å². The van der Waals surface area contributed by atoms with Crippen LogP contribution in [0.15, 0.2) is 29.1 Å². The zero-order valence-electron chi connectivity index (χ0n) is 12.1. The van der Waals surface area contributed by atoms with E-state index in [2.05, 4.69) is 31.0 Å². The number of fused-ring (bicyclic) bond motifs is 1. The molecule has 3 N–H and O–H groups in total. The Morgan fingerprint density at radius 1 is 1.26 bits per heavy atom. The van der Waals surface area contributed by atoms with Crippen LogP contribution < -0.4 is 11.3 Å². The Labute approximate surface area is 113 Å². The van der Waals surface area contributed by atoms with Crippen LogP contribution in [0.3, 0.4) is 0 Å². The van der Waals surface area contributed by atoms with E-state index in [9.17, 15) is 4.79 Å². The second kappa shape index (κ2) is 4.82. The SMILES string of the molecule is CC(C)c1ccc2[nH]c(=O)c(CC(C)(C)N)cc2c1. The molecule has 0 unspecified atom stereocenters. The molecule has 0 saturated carbocycles. The molecule has 0 aliphatic carbocycles. The summed E-state index contributed by atoms with van der Waals surface area (Å²) in [6, 6.07) is 8.15. The quantitative estimate of drug-likeness (QED) is 0.889. The van der Waals surface area contributed by atoms with Gasteiger partial charge in [0.1, 0.15) is 0 Å². The summed E-state index contributed by atoms with van der Waals surface area (Å²) in [7, 11) is 0. The first kappa shape index (κ1) is 13.8. The molecule has 102 valence electrons. The van der Waals surface area contributed by atoms with Crippen LogP contribution in [0.5, 0.6) is 0 Å². The number of hydrogen-bond acceptors (Lipinski definition) is 2. The lowest BCUT2D eigenvalue weighted by Gasteiger charge is -2.18. The van der Waals surface area contributed by atoms with Crippen LogP contribution in [0.25, 0.3) is 10.9 Å². The van der Waals surface area contributed by atoms with Crippen LogP contribution in [0.2, 0.25) is 0 Å². The van der Waals surface area contributed by atoms with E-state index in [1.54, 1.807) is 0 Å². The molecule has 0 bridgehead atoms. The first-order chi connectivity index (χ1) is 8.76. The average molecular weight is 258 g/mol. The van der Waals surface area contributed by atoms with Crippen molar-refractivity contribution < 1.29 is 0 Å². The summed E-state index contributed by atoms with van der Waals surface area (Å²) in [5, 5.41) is 1.07. The Hall–Kier alpha value is -1.61. The van der Waals surface area contributed by atoms with Gasteiger partial charge < -0.3 is 10.7 Å². The highest BCUT2D eigenvalue weighted by atomic mass is 16.1. The molecule has 1 aromatic heterocycles. The van der Waals surface area contributed by atoms with Gasteiger partial charge in [-0.1, -0.05) is 19.9 Å². The first-order valence-electron chi connectivity index (χ1n) is 6.71. The van der Waals surface area contributed by atoms with Crippen molar-refractivity contribution in [2.45, 2.75) is 45.6 Å². The number of H-pyrrole nitrogens is 1. The molecule has 0 atom stereocenters. The standard InChI is InChI=1S/C16H22N2O/c1-10(2)11-5-6-14-12(7-11)8-13(15(19)18-14)9-16(3,4)17/h5-8,10H,9,17H2,1-4H3,(H,18,19). The maximum atomic E-state index is 12.0. The van der Waals surface area contributed by atoms with E-state index in [4.69, 9.17) is 5.73 Å². The number of nitrogens with one attached hydrogen (secondary N) is 1. The maximum Gasteiger partial charge on any atom is 0.251 e. The molecule has 0 radical (unpaired) electrons. The lowest BCUT2D eigenvalue weighted by atomic mass is 9.95. The Kier molecular flexibility index (Phi) is 3.50. The Bertz CT molecular complexity index is 648. The van der Waals surface area contributed by atoms with E-state index in [0.29, 0.717) is 12.3 Å². The highest BCUT2D eigenvalue weighted by molar-refractivity contribution is 5.79. The molecule has 3 heteroatoms. The highest BCUT2D eigenvalue weighted by Crippen LogP contribution is 2.20. The van der Waals surface area contributed by atoms with E-state index in [1.807, 2.05) is 26.0 Å². The molecule has 0 aliphatic rings. The summed E-state index contributed by atoms with van der Waals surface area (Å²) < 4.78 is 0. The number of rotatable bonds is 3. The molecular formula is C16H22N2O. The minimum Gasteiger partial charge on any atom is -0.325 e. The van der Waals surface area contributed by atoms with Gasteiger partial charge in [0.25, 0.3) is 5.56 Å². The fourth-order valence-electron chi connectivity index (χ4n) is 2.25. The second-order valence-corrected chi connectivity index (χ2v) is 6.29. The van der Waals surface area contributed by atoms with E-state index in [-0.39, 0.29) is 11.1 Å². The van der Waals surface area contributed by atoms with E-state index >= 15 is 0 Å². The van der Waals surface area contributed by atoms with Crippen molar-refractivity contribution in [1.82, 2.24) is 4.98 Å². The first-order valence-corrected chi connectivity index (χ1v) is 6.71. The topological polar surface area (TPSA) is 58.9 Å². The normalized spacial score (nSPS) is 12.3. The molecule has 2 aromatic rings. The molecule has 3 nitrogen and oxygen atoms in total. The van der Waals surface area contributed by atoms with Crippen LogP contribution in [0.4, 0.5) is 0 Å². The third kappa shape index (κ3) is 3.24. The number of aromatic amines is 1. The summed E-state index contributed by atoms with van der Waals surface area (Å²) in [5.41, 5.74) is 8.50. The number of nitrogens with two attached hydrogens (primary N) is 1. The summed E-state index contributed by atoms with van der Waals surface area (Å²) in [6.07, 6.45) is 0.574. The van der Waals surface area contributed by atoms with Gasteiger partial charge in [0.15, 0.2) is 0 Å². The van der Waals surface area contributed by atoms with Gasteiger partial charge in [0.05, 0.1) is 0 Å². The molecule has 19 heavy (non-hydrogen) atoms. The van der Waals surface area contributed by atoms with Gasteiger partial charge >= 0.3 is 0 Å². The van der Waals surface area contributed by atoms with Gasteiger partial charge in [0, 0.05) is 16.6 Å². The van der Waals surface area contributed by atoms with Crippen molar-refractivity contribution in [2.24, 2.45) is 5.73 Å². The zero-order chi connectivity index (χ0) is 14.2. The molecule has 1 aromatic carbocycles. The molecule has 0 spiro atoms. The van der Waals surface area contributed by atoms with Gasteiger partial charge in [-0.2, -0.15) is 0 Å². The number of pyridine rings is 1. The minimum absolute atomic E-state index is 0.0386. The van der Waals surface area contributed by atoms with Gasteiger partial charge in [-0.05, 0) is 55.3 Å². The highest BCUT2D eigenvalue weighted by Gasteiger charge is 2.15. The minimum atomic E-state index is -0.379. The Morgan fingerprint density at radius 3 is 2.53 bits per heavy atom. The Morgan fingerprint density at radius 2 is 1.95 bits per heavy atom. The number of hydrogen-bond donors (Lipinski definition) is 2. The monoisotopic (exact) mass is 258 g/mol. The second-order valence-electron chi connectivity index (χ2n) is 6.29. The van der Waals surface area contributed by atoms with Gasteiger partial charge in [0.2, 0.25) is 0 Å². The largest absolute Gasteiger partial charge is 0.325 e. The Balaban J connectivity index is 2.55. The fraction of sp³-hybridized carbons (Fsp3) is 0.438. The molecular weight excluding hydrogens is 236 g/mol. The molecule has 1 heterocycles. The molecule has 0 aliphatic heterocycles. The molecule has 0 saturated heterocycles.